The summed E-state index contributed by atoms with van der Waals surface area (Å²) in [4.78, 5) is 27.8. The van der Waals surface area contributed by atoms with Crippen LogP contribution in [0.5, 0.6) is 5.75 Å². The van der Waals surface area contributed by atoms with E-state index in [4.69, 9.17) is 21.1 Å². The predicted octanol–water partition coefficient (Wildman–Crippen LogP) is 3.17. The third-order valence-corrected chi connectivity index (χ3v) is 3.20. The maximum absolute atomic E-state index is 12.3. The van der Waals surface area contributed by atoms with Crippen LogP contribution < -0.4 is 10.1 Å². The summed E-state index contributed by atoms with van der Waals surface area (Å²) in [6, 6.07) is 7.81. The van der Waals surface area contributed by atoms with Gasteiger partial charge in [-0.15, -0.1) is 0 Å². The molecule has 0 aliphatic carbocycles. The molecule has 6 nitrogen and oxygen atoms in total. The third kappa shape index (κ3) is 4.20. The number of methoxy groups -OCH3 is 1. The van der Waals surface area contributed by atoms with Crippen molar-refractivity contribution in [2.75, 3.05) is 19.0 Å². The number of hydrogen-bond acceptors (Lipinski definition) is 5. The van der Waals surface area contributed by atoms with Crippen molar-refractivity contribution in [1.82, 2.24) is 4.98 Å². The summed E-state index contributed by atoms with van der Waals surface area (Å²) < 4.78 is 10.1. The van der Waals surface area contributed by atoms with Crippen LogP contribution in [0.25, 0.3) is 0 Å². The second-order valence-electron chi connectivity index (χ2n) is 4.47. The molecule has 0 bridgehead atoms. The summed E-state index contributed by atoms with van der Waals surface area (Å²) in [5.41, 5.74) is 0.892. The fraction of sp³-hybridized carbons (Fsp3) is 0.188. The predicted molar refractivity (Wildman–Crippen MR) is 86.2 cm³/mol. The van der Waals surface area contributed by atoms with Crippen molar-refractivity contribution in [2.45, 2.75) is 6.92 Å². The molecule has 23 heavy (non-hydrogen) atoms. The molecule has 0 radical (unpaired) electrons. The molecule has 0 fully saturated rings. The highest BCUT2D eigenvalue weighted by molar-refractivity contribution is 6.33. The van der Waals surface area contributed by atoms with Gasteiger partial charge in [0, 0.05) is 18.0 Å². The van der Waals surface area contributed by atoms with Crippen molar-refractivity contribution in [2.24, 2.45) is 0 Å². The number of carbonyl (C=O) groups excluding carboxylic acids is 2. The van der Waals surface area contributed by atoms with Gasteiger partial charge in [-0.2, -0.15) is 0 Å². The molecule has 1 N–H and O–H groups in total. The number of anilines is 1. The molecule has 1 heterocycles. The Hall–Kier alpha value is -2.60. The molecule has 0 saturated heterocycles. The molecule has 2 rings (SSSR count). The van der Waals surface area contributed by atoms with Crippen molar-refractivity contribution < 1.29 is 19.1 Å². The maximum atomic E-state index is 12.3. The standard InChI is InChI=1S/C16H15ClN2O4/c1-3-23-12-8-10(16(21)22-2)7-11(9-12)19-15(20)13-5-4-6-18-14(13)17/h4-9H,3H2,1-2H3,(H,19,20). The number of rotatable bonds is 5. The van der Waals surface area contributed by atoms with E-state index in [1.165, 1.54) is 19.4 Å². The van der Waals surface area contributed by atoms with Gasteiger partial charge in [-0.05, 0) is 31.2 Å². The Morgan fingerprint density at radius 1 is 1.30 bits per heavy atom. The smallest absolute Gasteiger partial charge is 0.338 e. The van der Waals surface area contributed by atoms with Gasteiger partial charge in [-0.1, -0.05) is 11.6 Å². The van der Waals surface area contributed by atoms with E-state index in [-0.39, 0.29) is 16.3 Å². The fourth-order valence-electron chi connectivity index (χ4n) is 1.91. The molecular formula is C16H15ClN2O4. The van der Waals surface area contributed by atoms with E-state index >= 15 is 0 Å². The maximum Gasteiger partial charge on any atom is 0.338 e. The van der Waals surface area contributed by atoms with Crippen LogP contribution in [0.2, 0.25) is 5.15 Å². The topological polar surface area (TPSA) is 77.5 Å². The first kappa shape index (κ1) is 16.8. The molecule has 7 heteroatoms. The van der Waals surface area contributed by atoms with Gasteiger partial charge in [0.05, 0.1) is 24.8 Å². The Balaban J connectivity index is 2.31. The number of pyridine rings is 1. The molecule has 0 aliphatic heterocycles. The van der Waals surface area contributed by atoms with Crippen LogP contribution in [-0.4, -0.2) is 30.6 Å². The quantitative estimate of drug-likeness (QED) is 0.671. The highest BCUT2D eigenvalue weighted by Crippen LogP contribution is 2.23. The number of benzene rings is 1. The molecule has 0 aliphatic rings. The van der Waals surface area contributed by atoms with Crippen molar-refractivity contribution in [3.05, 3.63) is 52.8 Å². The van der Waals surface area contributed by atoms with Crippen LogP contribution in [0.15, 0.2) is 36.5 Å². The van der Waals surface area contributed by atoms with Gasteiger partial charge in [0.1, 0.15) is 10.9 Å². The lowest BCUT2D eigenvalue weighted by Crippen LogP contribution is -2.14. The van der Waals surface area contributed by atoms with Crippen LogP contribution in [0.1, 0.15) is 27.6 Å². The SMILES string of the molecule is CCOc1cc(NC(=O)c2cccnc2Cl)cc(C(=O)OC)c1. The molecule has 1 aromatic carbocycles. The summed E-state index contributed by atoms with van der Waals surface area (Å²) >= 11 is 5.90. The number of nitrogens with zero attached hydrogens (tertiary/aromatic N) is 1. The number of nitrogens with one attached hydrogen (secondary N) is 1. The van der Waals surface area contributed by atoms with Crippen molar-refractivity contribution in [1.29, 1.82) is 0 Å². The summed E-state index contributed by atoms with van der Waals surface area (Å²) in [5, 5.41) is 2.76. The van der Waals surface area contributed by atoms with Crippen LogP contribution >= 0.6 is 11.6 Å². The van der Waals surface area contributed by atoms with Gasteiger partial charge in [0.15, 0.2) is 0 Å². The first-order valence-electron chi connectivity index (χ1n) is 6.83. The number of amides is 1. The lowest BCUT2D eigenvalue weighted by atomic mass is 10.1. The van der Waals surface area contributed by atoms with Crippen molar-refractivity contribution >= 4 is 29.2 Å². The largest absolute Gasteiger partial charge is 0.494 e. The summed E-state index contributed by atoms with van der Waals surface area (Å²) in [6.07, 6.45) is 1.49. The average molecular weight is 335 g/mol. The fourth-order valence-corrected chi connectivity index (χ4v) is 2.12. The Morgan fingerprint density at radius 2 is 2.09 bits per heavy atom. The Bertz CT molecular complexity index is 734. The molecule has 1 amide bonds. The second-order valence-corrected chi connectivity index (χ2v) is 4.82. The van der Waals surface area contributed by atoms with Crippen LogP contribution in [0, 0.1) is 0 Å². The zero-order chi connectivity index (χ0) is 16.8. The summed E-state index contributed by atoms with van der Waals surface area (Å²) in [5.74, 6) is -0.517. The van der Waals surface area contributed by atoms with E-state index in [2.05, 4.69) is 10.3 Å². The Morgan fingerprint density at radius 3 is 2.74 bits per heavy atom. The van der Waals surface area contributed by atoms with Gasteiger partial charge >= 0.3 is 5.97 Å². The van der Waals surface area contributed by atoms with E-state index in [0.717, 1.165) is 0 Å². The molecule has 0 saturated carbocycles. The highest BCUT2D eigenvalue weighted by Gasteiger charge is 2.14. The van der Waals surface area contributed by atoms with Crippen LogP contribution in [0.4, 0.5) is 5.69 Å². The van der Waals surface area contributed by atoms with Gasteiger partial charge in [0.25, 0.3) is 5.91 Å². The number of carbonyl (C=O) groups is 2. The minimum Gasteiger partial charge on any atom is -0.494 e. The van der Waals surface area contributed by atoms with E-state index in [0.29, 0.717) is 18.0 Å². The number of hydrogen-bond donors (Lipinski definition) is 1. The van der Waals surface area contributed by atoms with Crippen LogP contribution in [0.3, 0.4) is 0 Å². The van der Waals surface area contributed by atoms with E-state index in [1.54, 1.807) is 24.3 Å². The zero-order valence-electron chi connectivity index (χ0n) is 12.6. The van der Waals surface area contributed by atoms with Crippen LogP contribution in [-0.2, 0) is 4.74 Å². The van der Waals surface area contributed by atoms with Gasteiger partial charge in [0.2, 0.25) is 0 Å². The summed E-state index contributed by atoms with van der Waals surface area (Å²) in [7, 11) is 1.28. The van der Waals surface area contributed by atoms with Crippen molar-refractivity contribution in [3.8, 4) is 5.75 Å². The van der Waals surface area contributed by atoms with Crippen molar-refractivity contribution in [3.63, 3.8) is 0 Å². The first-order valence-corrected chi connectivity index (χ1v) is 7.21. The number of halogens is 1. The number of aromatic nitrogens is 1. The molecular weight excluding hydrogens is 320 g/mol. The monoisotopic (exact) mass is 334 g/mol. The Kier molecular flexibility index (Phi) is 5.54. The lowest BCUT2D eigenvalue weighted by Gasteiger charge is -2.11. The molecule has 120 valence electrons. The summed E-state index contributed by atoms with van der Waals surface area (Å²) in [6.45, 7) is 2.24. The minimum absolute atomic E-state index is 0.0964. The minimum atomic E-state index is -0.526. The Labute approximate surface area is 138 Å². The van der Waals surface area contributed by atoms with E-state index < -0.39 is 11.9 Å². The van der Waals surface area contributed by atoms with E-state index in [9.17, 15) is 9.59 Å². The normalized spacial score (nSPS) is 10.0. The average Bonchev–Trinajstić information content (AvgIpc) is 2.54. The first-order chi connectivity index (χ1) is 11.0. The molecule has 0 unspecified atom stereocenters. The van der Waals surface area contributed by atoms with Gasteiger partial charge < -0.3 is 14.8 Å². The number of ether oxygens (including phenoxy) is 2. The molecule has 0 spiro atoms. The highest BCUT2D eigenvalue weighted by atomic mass is 35.5. The molecule has 1 aromatic heterocycles. The van der Waals surface area contributed by atoms with E-state index in [1.807, 2.05) is 6.92 Å². The lowest BCUT2D eigenvalue weighted by molar-refractivity contribution is 0.0600. The van der Waals surface area contributed by atoms with Gasteiger partial charge in [-0.25, -0.2) is 9.78 Å². The second kappa shape index (κ2) is 7.60. The third-order valence-electron chi connectivity index (χ3n) is 2.90. The molecule has 2 aromatic rings. The number of esters is 1. The molecule has 0 atom stereocenters. The zero-order valence-corrected chi connectivity index (χ0v) is 13.4. The van der Waals surface area contributed by atoms with Gasteiger partial charge in [-0.3, -0.25) is 4.79 Å².